The fourth-order valence-corrected chi connectivity index (χ4v) is 3.56. The third-order valence-corrected chi connectivity index (χ3v) is 5.33. The molecule has 27 heavy (non-hydrogen) atoms. The second kappa shape index (κ2) is 7.64. The van der Waals surface area contributed by atoms with E-state index in [0.29, 0.717) is 29.5 Å². The van der Waals surface area contributed by atoms with E-state index < -0.39 is 0 Å². The van der Waals surface area contributed by atoms with Gasteiger partial charge in [0.05, 0.1) is 17.5 Å². The van der Waals surface area contributed by atoms with Crippen LogP contribution >= 0.6 is 0 Å². The van der Waals surface area contributed by atoms with Crippen LogP contribution in [0, 0.1) is 12.8 Å². The molecule has 2 aromatic rings. The van der Waals surface area contributed by atoms with Gasteiger partial charge in [-0.05, 0) is 52.1 Å². The summed E-state index contributed by atoms with van der Waals surface area (Å²) in [6.07, 6.45) is 4.01. The molecule has 8 nitrogen and oxygen atoms in total. The summed E-state index contributed by atoms with van der Waals surface area (Å²) in [7, 11) is 0. The molecule has 1 fully saturated rings. The molecule has 1 atom stereocenters. The van der Waals surface area contributed by atoms with Crippen molar-refractivity contribution >= 4 is 5.91 Å². The van der Waals surface area contributed by atoms with E-state index in [0.717, 1.165) is 13.1 Å². The van der Waals surface area contributed by atoms with E-state index in [1.54, 1.807) is 10.7 Å². The molecule has 0 aliphatic carbocycles. The lowest BCUT2D eigenvalue weighted by atomic mass is 9.93. The standard InChI is InChI=1S/C19H28N6O2/c1-13-6-5-9-24(11-13)19(3,4)12-20-18(27)15-10-21-25(14(15)2)16-7-8-17(26)23-22-16/h7-8,10,13H,5-6,9,11-12H2,1-4H3,(H,20,27)(H,23,26). The number of nitrogens with zero attached hydrogens (tertiary/aromatic N) is 4. The zero-order valence-electron chi connectivity index (χ0n) is 16.5. The molecule has 8 heteroatoms. The molecule has 3 heterocycles. The van der Waals surface area contributed by atoms with E-state index in [1.807, 2.05) is 6.92 Å². The molecule has 1 unspecified atom stereocenters. The molecule has 2 aromatic heterocycles. The number of carbonyl (C=O) groups excluding carboxylic acids is 1. The van der Waals surface area contributed by atoms with E-state index in [1.165, 1.54) is 25.1 Å². The van der Waals surface area contributed by atoms with Crippen molar-refractivity contribution < 1.29 is 4.79 Å². The van der Waals surface area contributed by atoms with Crippen molar-refractivity contribution in [2.45, 2.75) is 46.1 Å². The zero-order valence-corrected chi connectivity index (χ0v) is 16.5. The molecule has 0 radical (unpaired) electrons. The summed E-state index contributed by atoms with van der Waals surface area (Å²) in [6.45, 7) is 11.1. The molecular formula is C19H28N6O2. The van der Waals surface area contributed by atoms with E-state index in [9.17, 15) is 9.59 Å². The predicted octanol–water partition coefficient (Wildman–Crippen LogP) is 1.50. The molecule has 3 rings (SSSR count). The Labute approximate surface area is 159 Å². The second-order valence-electron chi connectivity index (χ2n) is 8.02. The second-order valence-corrected chi connectivity index (χ2v) is 8.02. The summed E-state index contributed by atoms with van der Waals surface area (Å²) in [5.41, 5.74) is 0.799. The summed E-state index contributed by atoms with van der Waals surface area (Å²) in [5, 5.41) is 13.6. The van der Waals surface area contributed by atoms with Gasteiger partial charge >= 0.3 is 0 Å². The predicted molar refractivity (Wildman–Crippen MR) is 103 cm³/mol. The fourth-order valence-electron chi connectivity index (χ4n) is 3.56. The van der Waals surface area contributed by atoms with Crippen LogP contribution in [0.4, 0.5) is 0 Å². The van der Waals surface area contributed by atoms with Gasteiger partial charge in [-0.3, -0.25) is 14.5 Å². The Bertz CT molecular complexity index is 849. The molecule has 0 saturated carbocycles. The Kier molecular flexibility index (Phi) is 5.46. The van der Waals surface area contributed by atoms with Crippen LogP contribution in [0.2, 0.25) is 0 Å². The van der Waals surface area contributed by atoms with E-state index >= 15 is 0 Å². The summed E-state index contributed by atoms with van der Waals surface area (Å²) in [4.78, 5) is 26.3. The molecule has 1 aliphatic heterocycles. The minimum atomic E-state index is -0.282. The molecule has 0 spiro atoms. The lowest BCUT2D eigenvalue weighted by molar-refractivity contribution is 0.0657. The van der Waals surface area contributed by atoms with Gasteiger partial charge in [0.15, 0.2) is 5.82 Å². The highest BCUT2D eigenvalue weighted by atomic mass is 16.1. The number of nitrogens with one attached hydrogen (secondary N) is 2. The number of hydrogen-bond acceptors (Lipinski definition) is 5. The third kappa shape index (κ3) is 4.27. The normalized spacial score (nSPS) is 18.4. The SMILES string of the molecule is Cc1c(C(=O)NCC(C)(C)N2CCCC(C)C2)cnn1-c1ccc(=O)[nH]n1. The number of likely N-dealkylation sites (tertiary alicyclic amines) is 1. The van der Waals surface area contributed by atoms with Gasteiger partial charge in [0.25, 0.3) is 11.5 Å². The first-order valence-electron chi connectivity index (χ1n) is 9.42. The van der Waals surface area contributed by atoms with Gasteiger partial charge in [-0.25, -0.2) is 9.78 Å². The van der Waals surface area contributed by atoms with Crippen molar-refractivity contribution in [3.63, 3.8) is 0 Å². The molecular weight excluding hydrogens is 344 g/mol. The average molecular weight is 372 g/mol. The van der Waals surface area contributed by atoms with Gasteiger partial charge in [-0.15, -0.1) is 0 Å². The Morgan fingerprint density at radius 3 is 2.85 bits per heavy atom. The van der Waals surface area contributed by atoms with Crippen LogP contribution in [-0.4, -0.2) is 56.0 Å². The Balaban J connectivity index is 1.68. The Morgan fingerprint density at radius 1 is 1.41 bits per heavy atom. The zero-order chi connectivity index (χ0) is 19.6. The van der Waals surface area contributed by atoms with Crippen LogP contribution in [0.1, 0.15) is 49.7 Å². The van der Waals surface area contributed by atoms with Crippen molar-refractivity contribution in [3.8, 4) is 5.82 Å². The van der Waals surface area contributed by atoms with Gasteiger partial charge < -0.3 is 5.32 Å². The lowest BCUT2D eigenvalue weighted by Crippen LogP contribution is -2.54. The molecule has 1 aliphatic rings. The smallest absolute Gasteiger partial charge is 0.264 e. The third-order valence-electron chi connectivity index (χ3n) is 5.33. The number of aromatic nitrogens is 4. The van der Waals surface area contributed by atoms with Crippen LogP contribution in [0.5, 0.6) is 0 Å². The molecule has 146 valence electrons. The summed E-state index contributed by atoms with van der Waals surface area (Å²) in [6, 6.07) is 2.95. The molecule has 2 N–H and O–H groups in total. The van der Waals surface area contributed by atoms with Gasteiger partial charge in [0.1, 0.15) is 0 Å². The molecule has 0 bridgehead atoms. The van der Waals surface area contributed by atoms with Crippen molar-refractivity contribution in [2.24, 2.45) is 5.92 Å². The van der Waals surface area contributed by atoms with Crippen molar-refractivity contribution in [1.29, 1.82) is 0 Å². The van der Waals surface area contributed by atoms with Gasteiger partial charge in [-0.1, -0.05) is 6.92 Å². The van der Waals surface area contributed by atoms with E-state index in [2.05, 4.69) is 46.3 Å². The highest BCUT2D eigenvalue weighted by Crippen LogP contribution is 2.23. The van der Waals surface area contributed by atoms with Crippen LogP contribution in [0.3, 0.4) is 0 Å². The molecule has 1 saturated heterocycles. The highest BCUT2D eigenvalue weighted by molar-refractivity contribution is 5.95. The molecule has 0 aromatic carbocycles. The van der Waals surface area contributed by atoms with Gasteiger partial charge in [-0.2, -0.15) is 10.2 Å². The maximum Gasteiger partial charge on any atom is 0.264 e. The maximum atomic E-state index is 12.7. The maximum absolute atomic E-state index is 12.7. The Hall–Kier alpha value is -2.48. The van der Waals surface area contributed by atoms with Crippen LogP contribution in [-0.2, 0) is 0 Å². The average Bonchev–Trinajstić information content (AvgIpc) is 3.02. The van der Waals surface area contributed by atoms with Crippen molar-refractivity contribution in [3.05, 3.63) is 39.9 Å². The topological polar surface area (TPSA) is 95.9 Å². The van der Waals surface area contributed by atoms with E-state index in [-0.39, 0.29) is 17.0 Å². The van der Waals surface area contributed by atoms with Gasteiger partial charge in [0.2, 0.25) is 0 Å². The largest absolute Gasteiger partial charge is 0.350 e. The summed E-state index contributed by atoms with van der Waals surface area (Å²) >= 11 is 0. The number of piperidine rings is 1. The quantitative estimate of drug-likeness (QED) is 0.829. The Morgan fingerprint density at radius 2 is 2.19 bits per heavy atom. The fraction of sp³-hybridized carbons (Fsp3) is 0.579. The number of aromatic amines is 1. The van der Waals surface area contributed by atoms with E-state index in [4.69, 9.17) is 0 Å². The summed E-state index contributed by atoms with van der Waals surface area (Å²) < 4.78 is 1.54. The van der Waals surface area contributed by atoms with Crippen LogP contribution < -0.4 is 10.9 Å². The first-order valence-corrected chi connectivity index (χ1v) is 9.42. The number of amides is 1. The molecule has 1 amide bonds. The minimum absolute atomic E-state index is 0.102. The van der Waals surface area contributed by atoms with Crippen molar-refractivity contribution in [2.75, 3.05) is 19.6 Å². The number of carbonyl (C=O) groups is 1. The minimum Gasteiger partial charge on any atom is -0.350 e. The number of rotatable bonds is 5. The van der Waals surface area contributed by atoms with Gasteiger partial charge in [0, 0.05) is 24.7 Å². The number of hydrogen-bond donors (Lipinski definition) is 2. The van der Waals surface area contributed by atoms with Crippen molar-refractivity contribution in [1.82, 2.24) is 30.2 Å². The lowest BCUT2D eigenvalue weighted by Gasteiger charge is -2.43. The monoisotopic (exact) mass is 372 g/mol. The first kappa shape index (κ1) is 19.3. The first-order chi connectivity index (χ1) is 12.8. The van der Waals surface area contributed by atoms with Crippen LogP contribution in [0.15, 0.2) is 23.1 Å². The summed E-state index contributed by atoms with van der Waals surface area (Å²) in [5.74, 6) is 1.01. The van der Waals surface area contributed by atoms with Crippen LogP contribution in [0.25, 0.3) is 5.82 Å². The number of H-pyrrole nitrogens is 1. The highest BCUT2D eigenvalue weighted by Gasteiger charge is 2.30.